The molecule has 0 fully saturated rings. The van der Waals surface area contributed by atoms with Crippen LogP contribution in [-0.2, 0) is 32.1 Å². The van der Waals surface area contributed by atoms with Crippen molar-refractivity contribution >= 4 is 15.8 Å². The highest BCUT2D eigenvalue weighted by molar-refractivity contribution is 7.91. The molecule has 0 radical (unpaired) electrons. The van der Waals surface area contributed by atoms with Crippen molar-refractivity contribution in [1.29, 1.82) is 0 Å². The van der Waals surface area contributed by atoms with E-state index in [0.29, 0.717) is 11.3 Å². The lowest BCUT2D eigenvalue weighted by atomic mass is 10.2. The second-order valence-corrected chi connectivity index (χ2v) is 8.87. The fourth-order valence-electron chi connectivity index (χ4n) is 2.96. The minimum Gasteiger partial charge on any atom is -0.465 e. The highest BCUT2D eigenvalue weighted by Crippen LogP contribution is 2.33. The topological polar surface area (TPSA) is 94.1 Å². The van der Waals surface area contributed by atoms with Crippen LogP contribution in [0.3, 0.4) is 0 Å². The Hall–Kier alpha value is -3.08. The van der Waals surface area contributed by atoms with E-state index < -0.39 is 34.2 Å². The number of hydrogen-bond donors (Lipinski definition) is 1. The minimum absolute atomic E-state index is 0.0453. The third kappa shape index (κ3) is 4.98. The third-order valence-electron chi connectivity index (χ3n) is 4.50. The molecule has 0 atom stereocenters. The van der Waals surface area contributed by atoms with Gasteiger partial charge in [0.15, 0.2) is 15.5 Å². The number of rotatable bonds is 7. The van der Waals surface area contributed by atoms with Crippen LogP contribution in [0.4, 0.5) is 13.2 Å². The number of nitrogens with one attached hydrogen (secondary N) is 1. The molecule has 3 rings (SSSR count). The van der Waals surface area contributed by atoms with E-state index in [9.17, 15) is 26.4 Å². The number of nitrogens with zero attached hydrogens (tertiary/aromatic N) is 2. The number of ether oxygens (including phenoxy) is 1. The van der Waals surface area contributed by atoms with Crippen molar-refractivity contribution in [1.82, 2.24) is 14.8 Å². The molecule has 0 saturated carbocycles. The van der Waals surface area contributed by atoms with Crippen molar-refractivity contribution in [3.05, 3.63) is 48.2 Å². The smallest absolute Gasteiger partial charge is 0.435 e. The zero-order chi connectivity index (χ0) is 22.8. The summed E-state index contributed by atoms with van der Waals surface area (Å²) >= 11 is 0. The summed E-state index contributed by atoms with van der Waals surface area (Å²) in [6, 6.07) is 10.2. The molecular formula is C20H20F3N3O4S. The molecule has 2 heterocycles. The predicted molar refractivity (Wildman–Crippen MR) is 107 cm³/mol. The van der Waals surface area contributed by atoms with Gasteiger partial charge in [0.05, 0.1) is 28.6 Å². The van der Waals surface area contributed by atoms with E-state index in [1.54, 1.807) is 25.1 Å². The first kappa shape index (κ1) is 22.6. The van der Waals surface area contributed by atoms with Gasteiger partial charge < -0.3 is 9.72 Å². The van der Waals surface area contributed by atoms with Gasteiger partial charge in [-0.05, 0) is 42.8 Å². The van der Waals surface area contributed by atoms with E-state index in [4.69, 9.17) is 4.74 Å². The van der Waals surface area contributed by atoms with E-state index in [1.807, 2.05) is 0 Å². The van der Waals surface area contributed by atoms with Crippen LogP contribution in [0, 0.1) is 0 Å². The number of sulfone groups is 1. The van der Waals surface area contributed by atoms with E-state index in [-0.39, 0.29) is 28.6 Å². The van der Waals surface area contributed by atoms with Crippen LogP contribution in [0.1, 0.15) is 19.5 Å². The number of aromatic amines is 1. The SMILES string of the molecule is CCOC(=O)Cn1nc(C(F)(F)F)cc1-c1ccc(-c2cccc(S(=O)(=O)CC)c2)[nH]1. The zero-order valence-electron chi connectivity index (χ0n) is 16.7. The van der Waals surface area contributed by atoms with Crippen LogP contribution >= 0.6 is 0 Å². The average Bonchev–Trinajstić information content (AvgIpc) is 3.35. The Bertz CT molecular complexity index is 1200. The first-order valence-electron chi connectivity index (χ1n) is 9.38. The van der Waals surface area contributed by atoms with Crippen molar-refractivity contribution in [2.75, 3.05) is 12.4 Å². The Balaban J connectivity index is 2.01. The van der Waals surface area contributed by atoms with E-state index >= 15 is 0 Å². The van der Waals surface area contributed by atoms with Crippen LogP contribution < -0.4 is 0 Å². The van der Waals surface area contributed by atoms with Crippen molar-refractivity contribution in [2.45, 2.75) is 31.5 Å². The number of carbonyl (C=O) groups excluding carboxylic acids is 1. The fraction of sp³-hybridized carbons (Fsp3) is 0.300. The van der Waals surface area contributed by atoms with Gasteiger partial charge in [0.1, 0.15) is 6.54 Å². The maximum absolute atomic E-state index is 13.2. The molecule has 7 nitrogen and oxygen atoms in total. The van der Waals surface area contributed by atoms with Gasteiger partial charge in [-0.15, -0.1) is 0 Å². The highest BCUT2D eigenvalue weighted by Gasteiger charge is 2.35. The Labute approximate surface area is 176 Å². The van der Waals surface area contributed by atoms with Crippen LogP contribution in [-0.4, -0.2) is 41.5 Å². The van der Waals surface area contributed by atoms with Gasteiger partial charge in [-0.1, -0.05) is 19.1 Å². The molecule has 0 unspecified atom stereocenters. The Kier molecular flexibility index (Phi) is 6.25. The fourth-order valence-corrected chi connectivity index (χ4v) is 3.88. The minimum atomic E-state index is -4.69. The largest absolute Gasteiger partial charge is 0.465 e. The molecule has 3 aromatic rings. The van der Waals surface area contributed by atoms with Gasteiger partial charge in [0, 0.05) is 5.69 Å². The summed E-state index contributed by atoms with van der Waals surface area (Å²) < 4.78 is 69.6. The average molecular weight is 455 g/mol. The van der Waals surface area contributed by atoms with Gasteiger partial charge in [-0.25, -0.2) is 8.42 Å². The van der Waals surface area contributed by atoms with Crippen molar-refractivity contribution in [2.24, 2.45) is 0 Å². The van der Waals surface area contributed by atoms with Gasteiger partial charge >= 0.3 is 12.1 Å². The summed E-state index contributed by atoms with van der Waals surface area (Å²) in [4.78, 5) is 14.9. The van der Waals surface area contributed by atoms with Crippen molar-refractivity contribution in [3.63, 3.8) is 0 Å². The molecule has 2 aromatic heterocycles. The zero-order valence-corrected chi connectivity index (χ0v) is 17.5. The third-order valence-corrected chi connectivity index (χ3v) is 6.23. The molecule has 0 aliphatic carbocycles. The van der Waals surface area contributed by atoms with Crippen LogP contribution in [0.25, 0.3) is 22.6 Å². The maximum atomic E-state index is 13.2. The number of halogens is 3. The standard InChI is InChI=1S/C20H20F3N3O4S/c1-3-30-19(27)12-26-17(11-18(25-26)20(21,22)23)16-9-8-15(24-16)13-6-5-7-14(10-13)31(28,29)4-2/h5-11,24H,3-4,12H2,1-2H3. The van der Waals surface area contributed by atoms with Crippen LogP contribution in [0.5, 0.6) is 0 Å². The van der Waals surface area contributed by atoms with E-state index in [1.165, 1.54) is 25.1 Å². The van der Waals surface area contributed by atoms with Crippen LogP contribution in [0.15, 0.2) is 47.4 Å². The first-order valence-corrected chi connectivity index (χ1v) is 11.0. The molecule has 0 spiro atoms. The number of carbonyl (C=O) groups is 1. The molecule has 1 N–H and O–H groups in total. The number of esters is 1. The molecule has 0 amide bonds. The number of H-pyrrole nitrogens is 1. The molecule has 0 bridgehead atoms. The summed E-state index contributed by atoms with van der Waals surface area (Å²) in [6.07, 6.45) is -4.69. The number of benzene rings is 1. The molecule has 0 aliphatic heterocycles. The molecule has 1 aromatic carbocycles. The van der Waals surface area contributed by atoms with E-state index in [0.717, 1.165) is 10.7 Å². The lowest BCUT2D eigenvalue weighted by Crippen LogP contribution is -2.16. The van der Waals surface area contributed by atoms with Gasteiger partial charge in [-0.2, -0.15) is 18.3 Å². The Morgan fingerprint density at radius 1 is 1.13 bits per heavy atom. The monoisotopic (exact) mass is 455 g/mol. The van der Waals surface area contributed by atoms with E-state index in [2.05, 4.69) is 10.1 Å². The number of aromatic nitrogens is 3. The summed E-state index contributed by atoms with van der Waals surface area (Å²) in [6.45, 7) is 2.73. The predicted octanol–water partition coefficient (Wildman–Crippen LogP) is 3.92. The second kappa shape index (κ2) is 8.58. The molecule has 0 saturated heterocycles. The molecule has 166 valence electrons. The molecule has 31 heavy (non-hydrogen) atoms. The second-order valence-electron chi connectivity index (χ2n) is 6.59. The summed E-state index contributed by atoms with van der Waals surface area (Å²) in [5.74, 6) is -0.774. The Morgan fingerprint density at radius 2 is 1.84 bits per heavy atom. The lowest BCUT2D eigenvalue weighted by Gasteiger charge is -2.06. The maximum Gasteiger partial charge on any atom is 0.435 e. The first-order chi connectivity index (χ1) is 14.5. The highest BCUT2D eigenvalue weighted by atomic mass is 32.2. The van der Waals surface area contributed by atoms with Crippen molar-refractivity contribution < 1.29 is 31.1 Å². The van der Waals surface area contributed by atoms with Gasteiger partial charge in [0.25, 0.3) is 0 Å². The lowest BCUT2D eigenvalue weighted by molar-refractivity contribution is -0.146. The summed E-state index contributed by atoms with van der Waals surface area (Å²) in [5.41, 5.74) is 0.239. The molecular weight excluding hydrogens is 435 g/mol. The Morgan fingerprint density at radius 3 is 2.48 bits per heavy atom. The van der Waals surface area contributed by atoms with Crippen molar-refractivity contribution in [3.8, 4) is 22.6 Å². The van der Waals surface area contributed by atoms with Gasteiger partial charge in [-0.3, -0.25) is 9.48 Å². The van der Waals surface area contributed by atoms with Gasteiger partial charge in [0.2, 0.25) is 0 Å². The molecule has 11 heteroatoms. The summed E-state index contributed by atoms with van der Waals surface area (Å²) in [5, 5.41) is 3.51. The quantitative estimate of drug-likeness (QED) is 0.545. The molecule has 0 aliphatic rings. The number of alkyl halides is 3. The normalized spacial score (nSPS) is 12.2. The number of hydrogen-bond acceptors (Lipinski definition) is 5. The summed E-state index contributed by atoms with van der Waals surface area (Å²) in [7, 11) is -3.42. The van der Waals surface area contributed by atoms with Crippen LogP contribution in [0.2, 0.25) is 0 Å².